The number of rotatable bonds is 3. The highest BCUT2D eigenvalue weighted by molar-refractivity contribution is 6.32. The summed E-state index contributed by atoms with van der Waals surface area (Å²) in [6.07, 6.45) is 0. The molecule has 0 unspecified atom stereocenters. The Bertz CT molecular complexity index is 743. The Kier molecular flexibility index (Phi) is 4.73. The summed E-state index contributed by atoms with van der Waals surface area (Å²) in [6, 6.07) is 12.7. The van der Waals surface area contributed by atoms with Crippen LogP contribution in [0.5, 0.6) is 11.5 Å². The molecule has 0 radical (unpaired) electrons. The Labute approximate surface area is 153 Å². The van der Waals surface area contributed by atoms with E-state index in [9.17, 15) is 0 Å². The van der Waals surface area contributed by atoms with Gasteiger partial charge in [-0.3, -0.25) is 4.90 Å². The van der Waals surface area contributed by atoms with Crippen molar-refractivity contribution in [3.05, 3.63) is 52.5 Å². The first kappa shape index (κ1) is 16.6. The van der Waals surface area contributed by atoms with E-state index in [2.05, 4.69) is 40.1 Å². The zero-order chi connectivity index (χ0) is 17.2. The van der Waals surface area contributed by atoms with Gasteiger partial charge in [0.25, 0.3) is 0 Å². The number of nitrogens with zero attached hydrogens (tertiary/aromatic N) is 2. The minimum absolute atomic E-state index is 0.582. The van der Waals surface area contributed by atoms with Crippen LogP contribution >= 0.6 is 11.6 Å². The van der Waals surface area contributed by atoms with E-state index >= 15 is 0 Å². The van der Waals surface area contributed by atoms with Gasteiger partial charge in [-0.05, 0) is 18.6 Å². The number of hydrogen-bond donors (Lipinski definition) is 0. The molecule has 1 fully saturated rings. The number of anilines is 1. The molecule has 0 aliphatic carbocycles. The van der Waals surface area contributed by atoms with Crippen molar-refractivity contribution in [1.29, 1.82) is 0 Å². The van der Waals surface area contributed by atoms with Gasteiger partial charge in [-0.25, -0.2) is 0 Å². The lowest BCUT2D eigenvalue weighted by molar-refractivity contribution is 0.170. The summed E-state index contributed by atoms with van der Waals surface area (Å²) < 4.78 is 11.7. The van der Waals surface area contributed by atoms with Crippen LogP contribution in [0.4, 0.5) is 5.69 Å². The van der Waals surface area contributed by atoms with Crippen LogP contribution in [-0.2, 0) is 6.54 Å². The first-order valence-corrected chi connectivity index (χ1v) is 9.20. The van der Waals surface area contributed by atoms with Crippen molar-refractivity contribution < 1.29 is 9.47 Å². The number of halogens is 1. The first-order valence-electron chi connectivity index (χ1n) is 8.82. The Morgan fingerprint density at radius 3 is 2.36 bits per heavy atom. The molecule has 2 aliphatic heterocycles. The third kappa shape index (κ3) is 3.42. The van der Waals surface area contributed by atoms with Crippen molar-refractivity contribution in [1.82, 2.24) is 4.90 Å². The highest BCUT2D eigenvalue weighted by Crippen LogP contribution is 2.45. The quantitative estimate of drug-likeness (QED) is 0.834. The van der Waals surface area contributed by atoms with Gasteiger partial charge in [0.2, 0.25) is 0 Å². The Hall–Kier alpha value is -1.91. The van der Waals surface area contributed by atoms with E-state index in [0.717, 1.165) is 60.5 Å². The van der Waals surface area contributed by atoms with Crippen LogP contribution < -0.4 is 14.4 Å². The first-order chi connectivity index (χ1) is 12.2. The predicted molar refractivity (Wildman–Crippen MR) is 101 cm³/mol. The summed E-state index contributed by atoms with van der Waals surface area (Å²) in [5, 5.41) is 0.742. The van der Waals surface area contributed by atoms with Crippen LogP contribution in [0.1, 0.15) is 11.1 Å². The second-order valence-electron chi connectivity index (χ2n) is 6.61. The molecule has 2 aromatic carbocycles. The summed E-state index contributed by atoms with van der Waals surface area (Å²) in [5.74, 6) is 1.66. The molecular weight excluding hydrogens is 336 g/mol. The minimum atomic E-state index is 0.582. The fraction of sp³-hybridized carbons (Fsp3) is 0.400. The van der Waals surface area contributed by atoms with Gasteiger partial charge in [0.1, 0.15) is 13.2 Å². The molecule has 0 aromatic heterocycles. The van der Waals surface area contributed by atoms with E-state index < -0.39 is 0 Å². The topological polar surface area (TPSA) is 24.9 Å². The number of piperazine rings is 1. The van der Waals surface area contributed by atoms with E-state index in [4.69, 9.17) is 21.1 Å². The maximum atomic E-state index is 6.43. The van der Waals surface area contributed by atoms with Gasteiger partial charge < -0.3 is 14.4 Å². The van der Waals surface area contributed by atoms with Crippen LogP contribution in [0.3, 0.4) is 0 Å². The highest BCUT2D eigenvalue weighted by atomic mass is 35.5. The van der Waals surface area contributed by atoms with Crippen molar-refractivity contribution in [3.8, 4) is 11.5 Å². The molecule has 0 bridgehead atoms. The van der Waals surface area contributed by atoms with E-state index in [0.29, 0.717) is 13.2 Å². The van der Waals surface area contributed by atoms with Crippen molar-refractivity contribution in [2.24, 2.45) is 0 Å². The van der Waals surface area contributed by atoms with E-state index in [1.165, 1.54) is 5.56 Å². The van der Waals surface area contributed by atoms with Crippen LogP contribution in [0, 0.1) is 6.92 Å². The van der Waals surface area contributed by atoms with Gasteiger partial charge in [-0.1, -0.05) is 41.9 Å². The van der Waals surface area contributed by atoms with Crippen molar-refractivity contribution in [3.63, 3.8) is 0 Å². The third-order valence-corrected chi connectivity index (χ3v) is 5.33. The summed E-state index contributed by atoms with van der Waals surface area (Å²) in [6.45, 7) is 8.13. The molecule has 0 N–H and O–H groups in total. The fourth-order valence-electron chi connectivity index (χ4n) is 3.51. The standard InChI is InChI=1S/C20H23ClN2O2/c1-15-17(21)13-18(20-19(15)24-11-12-25-20)23-9-7-22(8-10-23)14-16-5-3-2-4-6-16/h2-6,13H,7-12,14H2,1H3. The maximum Gasteiger partial charge on any atom is 0.185 e. The monoisotopic (exact) mass is 358 g/mol. The molecule has 2 aliphatic rings. The number of hydrogen-bond acceptors (Lipinski definition) is 4. The zero-order valence-corrected chi connectivity index (χ0v) is 15.3. The lowest BCUT2D eigenvalue weighted by Crippen LogP contribution is -2.46. The summed E-state index contributed by atoms with van der Waals surface area (Å²) in [7, 11) is 0. The molecule has 25 heavy (non-hydrogen) atoms. The maximum absolute atomic E-state index is 6.43. The SMILES string of the molecule is Cc1c(Cl)cc(N2CCN(Cc3ccccc3)CC2)c2c1OCCO2. The fourth-order valence-corrected chi connectivity index (χ4v) is 3.70. The number of benzene rings is 2. The average molecular weight is 359 g/mol. The predicted octanol–water partition coefficient (Wildman–Crippen LogP) is 3.74. The molecule has 0 amide bonds. The van der Waals surface area contributed by atoms with Crippen molar-refractivity contribution in [2.45, 2.75) is 13.5 Å². The van der Waals surface area contributed by atoms with Gasteiger partial charge in [-0.2, -0.15) is 0 Å². The molecule has 132 valence electrons. The Balaban J connectivity index is 1.48. The average Bonchev–Trinajstić information content (AvgIpc) is 2.66. The van der Waals surface area contributed by atoms with Gasteiger partial charge in [0, 0.05) is 43.3 Å². The molecule has 5 heteroatoms. The smallest absolute Gasteiger partial charge is 0.185 e. The molecule has 0 spiro atoms. The largest absolute Gasteiger partial charge is 0.486 e. The zero-order valence-electron chi connectivity index (χ0n) is 14.5. The minimum Gasteiger partial charge on any atom is -0.486 e. The summed E-state index contributed by atoms with van der Waals surface area (Å²) >= 11 is 6.43. The van der Waals surface area contributed by atoms with Gasteiger partial charge in [0.15, 0.2) is 11.5 Å². The molecule has 4 rings (SSSR count). The van der Waals surface area contributed by atoms with Gasteiger partial charge >= 0.3 is 0 Å². The second kappa shape index (κ2) is 7.14. The van der Waals surface area contributed by atoms with Crippen LogP contribution in [0.25, 0.3) is 0 Å². The van der Waals surface area contributed by atoms with E-state index in [-0.39, 0.29) is 0 Å². The molecule has 4 nitrogen and oxygen atoms in total. The summed E-state index contributed by atoms with van der Waals surface area (Å²) in [4.78, 5) is 4.85. The lowest BCUT2D eigenvalue weighted by atomic mass is 10.1. The van der Waals surface area contributed by atoms with Gasteiger partial charge in [-0.15, -0.1) is 0 Å². The van der Waals surface area contributed by atoms with Gasteiger partial charge in [0.05, 0.1) is 5.69 Å². The molecule has 0 saturated carbocycles. The van der Waals surface area contributed by atoms with Crippen LogP contribution in [-0.4, -0.2) is 44.3 Å². The lowest BCUT2D eigenvalue weighted by Gasteiger charge is -2.37. The van der Waals surface area contributed by atoms with Crippen molar-refractivity contribution in [2.75, 3.05) is 44.3 Å². The molecular formula is C20H23ClN2O2. The van der Waals surface area contributed by atoms with E-state index in [1.807, 2.05) is 13.0 Å². The normalized spacial score (nSPS) is 17.6. The second-order valence-corrected chi connectivity index (χ2v) is 7.01. The highest BCUT2D eigenvalue weighted by Gasteiger charge is 2.26. The van der Waals surface area contributed by atoms with Crippen LogP contribution in [0.15, 0.2) is 36.4 Å². The van der Waals surface area contributed by atoms with E-state index in [1.54, 1.807) is 0 Å². The number of ether oxygens (including phenoxy) is 2. The molecule has 1 saturated heterocycles. The Morgan fingerprint density at radius 1 is 0.960 bits per heavy atom. The molecule has 0 atom stereocenters. The van der Waals surface area contributed by atoms with Crippen LogP contribution in [0.2, 0.25) is 5.02 Å². The molecule has 2 heterocycles. The number of fused-ring (bicyclic) bond motifs is 1. The molecule has 2 aromatic rings. The van der Waals surface area contributed by atoms with Crippen molar-refractivity contribution >= 4 is 17.3 Å². The summed E-state index contributed by atoms with van der Waals surface area (Å²) in [5.41, 5.74) is 3.39. The third-order valence-electron chi connectivity index (χ3n) is 4.94. The Morgan fingerprint density at radius 2 is 1.64 bits per heavy atom.